The van der Waals surface area contributed by atoms with Gasteiger partial charge in [0.1, 0.15) is 0 Å². The van der Waals surface area contributed by atoms with E-state index in [-0.39, 0.29) is 10.8 Å². The first-order valence-corrected chi connectivity index (χ1v) is 11.2. The Balaban J connectivity index is 1.57. The van der Waals surface area contributed by atoms with Crippen LogP contribution in [0.4, 0.5) is 11.4 Å². The van der Waals surface area contributed by atoms with Crippen molar-refractivity contribution in [2.75, 3.05) is 10.0 Å². The van der Waals surface area contributed by atoms with Crippen molar-refractivity contribution in [2.45, 2.75) is 11.8 Å². The van der Waals surface area contributed by atoms with Crippen molar-refractivity contribution in [1.82, 2.24) is 4.98 Å². The van der Waals surface area contributed by atoms with E-state index >= 15 is 0 Å². The number of anilines is 2. The fraction of sp³-hybridized carbons (Fsp3) is 0.0435. The highest BCUT2D eigenvalue weighted by molar-refractivity contribution is 7.92. The lowest BCUT2D eigenvalue weighted by atomic mass is 10.1. The molecule has 1 amide bonds. The van der Waals surface area contributed by atoms with E-state index in [4.69, 9.17) is 11.6 Å². The van der Waals surface area contributed by atoms with Gasteiger partial charge in [0.15, 0.2) is 0 Å². The molecule has 0 aliphatic rings. The predicted molar refractivity (Wildman–Crippen MR) is 123 cm³/mol. The van der Waals surface area contributed by atoms with E-state index in [9.17, 15) is 13.2 Å². The van der Waals surface area contributed by atoms with Crippen LogP contribution in [0.2, 0.25) is 5.02 Å². The zero-order valence-electron chi connectivity index (χ0n) is 16.5. The average molecular weight is 452 g/mol. The van der Waals surface area contributed by atoms with Gasteiger partial charge in [-0.2, -0.15) is 0 Å². The van der Waals surface area contributed by atoms with Crippen molar-refractivity contribution in [3.05, 3.63) is 95.1 Å². The van der Waals surface area contributed by atoms with Crippen LogP contribution in [0.1, 0.15) is 16.1 Å². The molecular weight excluding hydrogens is 434 g/mol. The van der Waals surface area contributed by atoms with Crippen LogP contribution in [0.15, 0.2) is 83.8 Å². The molecule has 1 heterocycles. The second-order valence-corrected chi connectivity index (χ2v) is 9.03. The summed E-state index contributed by atoms with van der Waals surface area (Å²) in [6.07, 6.45) is 0. The molecule has 0 saturated carbocycles. The molecule has 6 nitrogen and oxygen atoms in total. The van der Waals surface area contributed by atoms with Crippen LogP contribution >= 0.6 is 11.6 Å². The summed E-state index contributed by atoms with van der Waals surface area (Å²) in [6, 6.07) is 21.6. The average Bonchev–Trinajstić information content (AvgIpc) is 2.74. The van der Waals surface area contributed by atoms with Crippen molar-refractivity contribution < 1.29 is 13.2 Å². The van der Waals surface area contributed by atoms with Crippen LogP contribution in [-0.4, -0.2) is 19.3 Å². The summed E-state index contributed by atoms with van der Waals surface area (Å²) in [5.41, 5.74) is 2.51. The first-order chi connectivity index (χ1) is 14.8. The molecule has 1 aromatic heterocycles. The quantitative estimate of drug-likeness (QED) is 0.433. The van der Waals surface area contributed by atoms with E-state index in [1.807, 2.05) is 0 Å². The maximum absolute atomic E-state index is 12.9. The Kier molecular flexibility index (Phi) is 5.63. The molecule has 2 N–H and O–H groups in total. The van der Waals surface area contributed by atoms with Gasteiger partial charge < -0.3 is 5.32 Å². The van der Waals surface area contributed by atoms with Crippen molar-refractivity contribution in [1.29, 1.82) is 0 Å². The number of benzene rings is 3. The number of nitrogens with zero attached hydrogens (tertiary/aromatic N) is 1. The van der Waals surface area contributed by atoms with Crippen LogP contribution in [0, 0.1) is 6.92 Å². The molecule has 31 heavy (non-hydrogen) atoms. The summed E-state index contributed by atoms with van der Waals surface area (Å²) < 4.78 is 27.6. The Morgan fingerprint density at radius 2 is 1.65 bits per heavy atom. The van der Waals surface area contributed by atoms with E-state index in [0.29, 0.717) is 27.7 Å². The van der Waals surface area contributed by atoms with Crippen LogP contribution in [0.5, 0.6) is 0 Å². The molecule has 156 valence electrons. The molecule has 3 aromatic carbocycles. The van der Waals surface area contributed by atoms with Gasteiger partial charge >= 0.3 is 0 Å². The Hall–Kier alpha value is -3.42. The second kappa shape index (κ2) is 8.37. The Morgan fingerprint density at radius 3 is 2.42 bits per heavy atom. The molecule has 0 unspecified atom stereocenters. The predicted octanol–water partition coefficient (Wildman–Crippen LogP) is 5.25. The smallest absolute Gasteiger partial charge is 0.261 e. The van der Waals surface area contributed by atoms with Crippen molar-refractivity contribution in [2.24, 2.45) is 0 Å². The largest absolute Gasteiger partial charge is 0.322 e. The Bertz CT molecular complexity index is 1390. The van der Waals surface area contributed by atoms with Gasteiger partial charge in [0, 0.05) is 16.1 Å². The highest BCUT2D eigenvalue weighted by Gasteiger charge is 2.15. The van der Waals surface area contributed by atoms with Crippen molar-refractivity contribution >= 4 is 49.8 Å². The van der Waals surface area contributed by atoms with Gasteiger partial charge in [0.25, 0.3) is 15.9 Å². The van der Waals surface area contributed by atoms with Crippen LogP contribution < -0.4 is 10.0 Å². The number of rotatable bonds is 5. The van der Waals surface area contributed by atoms with Gasteiger partial charge in [0.2, 0.25) is 0 Å². The normalized spacial score (nSPS) is 11.3. The van der Waals surface area contributed by atoms with Crippen molar-refractivity contribution in [3.8, 4) is 0 Å². The highest BCUT2D eigenvalue weighted by Crippen LogP contribution is 2.23. The standard InChI is InChI=1S/C23H18ClN3O3S/c1-15-21(13-16-12-17(24)10-11-22(16)25-15)23(28)26-18-6-5-7-19(14-18)27-31(29,30)20-8-3-2-4-9-20/h2-14,27H,1H3,(H,26,28). The SMILES string of the molecule is Cc1nc2ccc(Cl)cc2cc1C(=O)Nc1cccc(NS(=O)(=O)c2ccccc2)c1. The van der Waals surface area contributed by atoms with Crippen molar-refractivity contribution in [3.63, 3.8) is 0 Å². The fourth-order valence-electron chi connectivity index (χ4n) is 3.15. The summed E-state index contributed by atoms with van der Waals surface area (Å²) in [7, 11) is -3.73. The maximum Gasteiger partial charge on any atom is 0.261 e. The lowest BCUT2D eigenvalue weighted by molar-refractivity contribution is 0.102. The third-order valence-corrected chi connectivity index (χ3v) is 6.27. The molecule has 0 aliphatic carbocycles. The van der Waals surface area contributed by atoms with E-state index in [1.54, 1.807) is 73.7 Å². The van der Waals surface area contributed by atoms with Crippen LogP contribution in [0.25, 0.3) is 10.9 Å². The number of aryl methyl sites for hydroxylation is 1. The molecule has 8 heteroatoms. The van der Waals surface area contributed by atoms with E-state index in [1.165, 1.54) is 12.1 Å². The molecule has 0 saturated heterocycles. The molecule has 0 radical (unpaired) electrons. The number of nitrogens with one attached hydrogen (secondary N) is 2. The number of aromatic nitrogens is 1. The zero-order valence-corrected chi connectivity index (χ0v) is 18.0. The van der Waals surface area contributed by atoms with E-state index < -0.39 is 10.0 Å². The summed E-state index contributed by atoms with van der Waals surface area (Å²) >= 11 is 6.05. The number of carbonyl (C=O) groups is 1. The van der Waals surface area contributed by atoms with Crippen LogP contribution in [-0.2, 0) is 10.0 Å². The minimum Gasteiger partial charge on any atom is -0.322 e. The molecule has 0 atom stereocenters. The third-order valence-electron chi connectivity index (χ3n) is 4.64. The zero-order chi connectivity index (χ0) is 22.0. The number of hydrogen-bond donors (Lipinski definition) is 2. The summed E-state index contributed by atoms with van der Waals surface area (Å²) in [5, 5.41) is 4.11. The number of sulfonamides is 1. The fourth-order valence-corrected chi connectivity index (χ4v) is 4.40. The monoisotopic (exact) mass is 451 g/mol. The first kappa shape index (κ1) is 20.8. The Labute approximate surface area is 185 Å². The van der Waals surface area contributed by atoms with E-state index in [0.717, 1.165) is 10.9 Å². The molecule has 0 bridgehead atoms. The van der Waals surface area contributed by atoms with Gasteiger partial charge in [-0.05, 0) is 61.5 Å². The molecule has 4 rings (SSSR count). The minimum absolute atomic E-state index is 0.154. The number of fused-ring (bicyclic) bond motifs is 1. The lowest BCUT2D eigenvalue weighted by Crippen LogP contribution is -2.15. The number of hydrogen-bond acceptors (Lipinski definition) is 4. The lowest BCUT2D eigenvalue weighted by Gasteiger charge is -2.12. The number of pyridine rings is 1. The van der Waals surface area contributed by atoms with Gasteiger partial charge in [0.05, 0.1) is 27.4 Å². The third kappa shape index (κ3) is 4.68. The molecule has 0 spiro atoms. The number of carbonyl (C=O) groups excluding carboxylic acids is 1. The summed E-state index contributed by atoms with van der Waals surface area (Å²) in [6.45, 7) is 1.76. The van der Waals surface area contributed by atoms with Gasteiger partial charge in [-0.25, -0.2) is 8.42 Å². The summed E-state index contributed by atoms with van der Waals surface area (Å²) in [5.74, 6) is -0.352. The minimum atomic E-state index is -3.73. The van der Waals surface area contributed by atoms with Gasteiger partial charge in [-0.15, -0.1) is 0 Å². The van der Waals surface area contributed by atoms with Gasteiger partial charge in [-0.1, -0.05) is 35.9 Å². The van der Waals surface area contributed by atoms with Gasteiger partial charge in [-0.3, -0.25) is 14.5 Å². The first-order valence-electron chi connectivity index (χ1n) is 9.38. The number of halogens is 1. The maximum atomic E-state index is 12.9. The Morgan fingerprint density at radius 1 is 0.903 bits per heavy atom. The molecule has 0 aliphatic heterocycles. The number of amides is 1. The molecular formula is C23H18ClN3O3S. The highest BCUT2D eigenvalue weighted by atomic mass is 35.5. The second-order valence-electron chi connectivity index (χ2n) is 6.91. The molecule has 4 aromatic rings. The molecule has 0 fully saturated rings. The van der Waals surface area contributed by atoms with Crippen LogP contribution in [0.3, 0.4) is 0 Å². The van der Waals surface area contributed by atoms with E-state index in [2.05, 4.69) is 15.0 Å². The topological polar surface area (TPSA) is 88.2 Å². The summed E-state index contributed by atoms with van der Waals surface area (Å²) in [4.78, 5) is 17.5.